The molecular formula is C24H21N3O3S2. The second kappa shape index (κ2) is 7.81. The number of nitrogens with zero attached hydrogens (tertiary/aromatic N) is 3. The van der Waals surface area contributed by atoms with E-state index in [0.29, 0.717) is 33.5 Å². The molecule has 5 rings (SSSR count). The van der Waals surface area contributed by atoms with E-state index < -0.39 is 11.8 Å². The molecule has 32 heavy (non-hydrogen) atoms. The van der Waals surface area contributed by atoms with E-state index in [9.17, 15) is 9.90 Å². The highest BCUT2D eigenvalue weighted by Crippen LogP contribution is 2.46. The highest BCUT2D eigenvalue weighted by Gasteiger charge is 2.49. The molecule has 0 aliphatic carbocycles. The average molecular weight is 464 g/mol. The molecule has 3 heterocycles. The number of thiophene rings is 1. The molecule has 0 saturated heterocycles. The number of aryl methyl sites for hydroxylation is 1. The topological polar surface area (TPSA) is 75.5 Å². The quantitative estimate of drug-likeness (QED) is 0.439. The Morgan fingerprint density at radius 3 is 2.66 bits per heavy atom. The summed E-state index contributed by atoms with van der Waals surface area (Å²) in [7, 11) is 3.96. The lowest BCUT2D eigenvalue weighted by Gasteiger charge is -2.24. The van der Waals surface area contributed by atoms with Gasteiger partial charge in [0.15, 0.2) is 0 Å². The lowest BCUT2D eigenvalue weighted by atomic mass is 9.90. The van der Waals surface area contributed by atoms with Crippen molar-refractivity contribution in [2.45, 2.75) is 19.1 Å². The molecule has 4 aromatic rings. The third-order valence-corrected chi connectivity index (χ3v) is 7.26. The van der Waals surface area contributed by atoms with Gasteiger partial charge in [-0.2, -0.15) is 8.75 Å². The second-order valence-corrected chi connectivity index (χ2v) is 9.52. The molecule has 0 radical (unpaired) electrons. The summed E-state index contributed by atoms with van der Waals surface area (Å²) in [6.45, 7) is 1.95. The number of esters is 1. The smallest absolute Gasteiger partial charge is 0.342 e. The van der Waals surface area contributed by atoms with Gasteiger partial charge in [-0.3, -0.25) is 0 Å². The molecule has 1 aliphatic rings. The third kappa shape index (κ3) is 3.50. The molecule has 162 valence electrons. The summed E-state index contributed by atoms with van der Waals surface area (Å²) in [5, 5.41) is 13.7. The van der Waals surface area contributed by atoms with Gasteiger partial charge in [0.25, 0.3) is 5.79 Å². The van der Waals surface area contributed by atoms with E-state index in [-0.39, 0.29) is 0 Å². The Hall–Kier alpha value is -3.07. The minimum atomic E-state index is -1.81. The number of carbonyl (C=O) groups is 1. The Labute approximate surface area is 193 Å². The van der Waals surface area contributed by atoms with Crippen LogP contribution in [0.1, 0.15) is 21.6 Å². The SMILES string of the molecule is Cc1csc(C2(O)OC(=O)C(c3ccc4nsnc4c3)=C2Cc2cccc(N(C)C)c2)c1. The van der Waals surface area contributed by atoms with Gasteiger partial charge in [-0.25, -0.2) is 4.79 Å². The maximum absolute atomic E-state index is 13.1. The van der Waals surface area contributed by atoms with Gasteiger partial charge >= 0.3 is 5.97 Å². The number of aliphatic hydroxyl groups is 1. The molecule has 1 unspecified atom stereocenters. The summed E-state index contributed by atoms with van der Waals surface area (Å²) >= 11 is 2.51. The van der Waals surface area contributed by atoms with Gasteiger partial charge < -0.3 is 14.7 Å². The van der Waals surface area contributed by atoms with E-state index in [1.54, 1.807) is 0 Å². The highest BCUT2D eigenvalue weighted by atomic mass is 32.1. The Kier molecular flexibility index (Phi) is 5.08. The van der Waals surface area contributed by atoms with E-state index in [1.165, 1.54) is 11.3 Å². The number of ether oxygens (including phenoxy) is 1. The molecule has 0 bridgehead atoms. The summed E-state index contributed by atoms with van der Waals surface area (Å²) in [6, 6.07) is 15.4. The monoisotopic (exact) mass is 463 g/mol. The van der Waals surface area contributed by atoms with Gasteiger partial charge in [0, 0.05) is 31.8 Å². The van der Waals surface area contributed by atoms with E-state index in [0.717, 1.165) is 34.1 Å². The van der Waals surface area contributed by atoms with Crippen molar-refractivity contribution in [2.24, 2.45) is 0 Å². The number of hydrogen-bond donors (Lipinski definition) is 1. The molecule has 6 nitrogen and oxygen atoms in total. The van der Waals surface area contributed by atoms with Crippen molar-refractivity contribution in [2.75, 3.05) is 19.0 Å². The van der Waals surface area contributed by atoms with Gasteiger partial charge in [0.1, 0.15) is 11.0 Å². The first-order valence-corrected chi connectivity index (χ1v) is 11.7. The fraction of sp³-hybridized carbons (Fsp3) is 0.208. The molecule has 0 spiro atoms. The molecule has 0 amide bonds. The van der Waals surface area contributed by atoms with Crippen LogP contribution in [0.15, 0.2) is 59.5 Å². The standard InChI is InChI=1S/C24H21N3O3S2/c1-14-9-21(31-13-14)24(29)18(11-15-5-4-6-17(10-15)27(2)3)22(23(28)30-24)16-7-8-19-20(12-16)26-32-25-19/h4-10,12-13,29H,11H2,1-3H3. The van der Waals surface area contributed by atoms with Gasteiger partial charge in [-0.1, -0.05) is 18.2 Å². The Bertz CT molecular complexity index is 1370. The number of hydrogen-bond acceptors (Lipinski definition) is 8. The Morgan fingerprint density at radius 1 is 1.09 bits per heavy atom. The van der Waals surface area contributed by atoms with Crippen molar-refractivity contribution in [3.05, 3.63) is 81.1 Å². The van der Waals surface area contributed by atoms with Crippen molar-refractivity contribution < 1.29 is 14.6 Å². The predicted molar refractivity (Wildman–Crippen MR) is 128 cm³/mol. The minimum Gasteiger partial charge on any atom is -0.420 e. The first-order valence-electron chi connectivity index (χ1n) is 10.1. The van der Waals surface area contributed by atoms with Crippen LogP contribution in [0.3, 0.4) is 0 Å². The zero-order valence-electron chi connectivity index (χ0n) is 17.8. The molecule has 0 saturated carbocycles. The van der Waals surface area contributed by atoms with Gasteiger partial charge in [-0.05, 0) is 59.3 Å². The van der Waals surface area contributed by atoms with Crippen molar-refractivity contribution in [1.29, 1.82) is 0 Å². The van der Waals surface area contributed by atoms with Crippen LogP contribution in [0.25, 0.3) is 16.6 Å². The Morgan fingerprint density at radius 2 is 1.91 bits per heavy atom. The van der Waals surface area contributed by atoms with Crippen molar-refractivity contribution >= 4 is 51.3 Å². The number of carbonyl (C=O) groups excluding carboxylic acids is 1. The largest absolute Gasteiger partial charge is 0.420 e. The van der Waals surface area contributed by atoms with Crippen LogP contribution < -0.4 is 4.90 Å². The van der Waals surface area contributed by atoms with Gasteiger partial charge in [-0.15, -0.1) is 11.3 Å². The van der Waals surface area contributed by atoms with Crippen molar-refractivity contribution in [3.63, 3.8) is 0 Å². The van der Waals surface area contributed by atoms with Crippen LogP contribution >= 0.6 is 23.1 Å². The number of rotatable bonds is 5. The van der Waals surface area contributed by atoms with Crippen LogP contribution in [-0.2, 0) is 21.7 Å². The highest BCUT2D eigenvalue weighted by molar-refractivity contribution is 7.10. The summed E-state index contributed by atoms with van der Waals surface area (Å²) in [6.07, 6.45) is 0.365. The van der Waals surface area contributed by atoms with Crippen molar-refractivity contribution in [3.8, 4) is 0 Å². The first kappa shape index (κ1) is 20.8. The maximum Gasteiger partial charge on any atom is 0.342 e. The average Bonchev–Trinajstić information content (AvgIpc) is 3.47. The van der Waals surface area contributed by atoms with Crippen LogP contribution in [0.2, 0.25) is 0 Å². The van der Waals surface area contributed by atoms with E-state index >= 15 is 0 Å². The molecule has 1 N–H and O–H groups in total. The molecular weight excluding hydrogens is 442 g/mol. The second-order valence-electron chi connectivity index (χ2n) is 8.08. The third-order valence-electron chi connectivity index (χ3n) is 5.57. The maximum atomic E-state index is 13.1. The summed E-state index contributed by atoms with van der Waals surface area (Å²) in [5.41, 5.74) is 6.08. The summed E-state index contributed by atoms with van der Waals surface area (Å²) < 4.78 is 14.2. The number of fused-ring (bicyclic) bond motifs is 1. The van der Waals surface area contributed by atoms with Gasteiger partial charge in [0.05, 0.1) is 22.2 Å². The fourth-order valence-electron chi connectivity index (χ4n) is 3.93. The normalized spacial score (nSPS) is 18.4. The van der Waals surface area contributed by atoms with E-state index in [2.05, 4.69) is 14.8 Å². The van der Waals surface area contributed by atoms with Gasteiger partial charge in [0.2, 0.25) is 0 Å². The fourth-order valence-corrected chi connectivity index (χ4v) is 5.41. The summed E-state index contributed by atoms with van der Waals surface area (Å²) in [5.74, 6) is -2.35. The van der Waals surface area contributed by atoms with Crippen LogP contribution in [0, 0.1) is 6.92 Å². The molecule has 0 fully saturated rings. The van der Waals surface area contributed by atoms with Crippen LogP contribution in [0.5, 0.6) is 0 Å². The lowest BCUT2D eigenvalue weighted by Crippen LogP contribution is -2.28. The molecule has 2 aromatic carbocycles. The number of benzene rings is 2. The molecule has 8 heteroatoms. The molecule has 1 aliphatic heterocycles. The Balaban J connectivity index is 1.69. The van der Waals surface area contributed by atoms with E-state index in [1.807, 2.05) is 73.8 Å². The molecule has 2 aromatic heterocycles. The van der Waals surface area contributed by atoms with Crippen LogP contribution in [0.4, 0.5) is 5.69 Å². The van der Waals surface area contributed by atoms with Crippen LogP contribution in [-0.4, -0.2) is 33.9 Å². The van der Waals surface area contributed by atoms with E-state index in [4.69, 9.17) is 4.74 Å². The van der Waals surface area contributed by atoms with Crippen molar-refractivity contribution in [1.82, 2.24) is 8.75 Å². The minimum absolute atomic E-state index is 0.365. The first-order chi connectivity index (χ1) is 15.3. The zero-order valence-corrected chi connectivity index (χ0v) is 19.5. The number of aromatic nitrogens is 2. The summed E-state index contributed by atoms with van der Waals surface area (Å²) in [4.78, 5) is 15.8. The number of cyclic esters (lactones) is 1. The lowest BCUT2D eigenvalue weighted by molar-refractivity contribution is -0.184. The zero-order chi connectivity index (χ0) is 22.5. The predicted octanol–water partition coefficient (Wildman–Crippen LogP) is 4.53. The number of anilines is 1. The molecule has 1 atom stereocenters.